The first-order chi connectivity index (χ1) is 9.38. The van der Waals surface area contributed by atoms with E-state index in [1.165, 1.54) is 0 Å². The molecule has 6 heteroatoms. The van der Waals surface area contributed by atoms with Gasteiger partial charge in [0.25, 0.3) is 5.91 Å². The Kier molecular flexibility index (Phi) is 4.04. The number of nitrogens with one attached hydrogen (secondary N) is 1. The van der Waals surface area contributed by atoms with Crippen LogP contribution in [0.15, 0.2) is 0 Å². The van der Waals surface area contributed by atoms with Crippen molar-refractivity contribution in [3.63, 3.8) is 0 Å². The summed E-state index contributed by atoms with van der Waals surface area (Å²) in [5.41, 5.74) is 7.38. The molecule has 0 radical (unpaired) electrons. The summed E-state index contributed by atoms with van der Waals surface area (Å²) in [5, 5.41) is 6.98. The van der Waals surface area contributed by atoms with E-state index in [-0.39, 0.29) is 17.4 Å². The zero-order chi connectivity index (χ0) is 14.9. The van der Waals surface area contributed by atoms with Gasteiger partial charge >= 0.3 is 0 Å². The lowest BCUT2D eigenvalue weighted by atomic mass is 9.94. The summed E-state index contributed by atoms with van der Waals surface area (Å²) in [6.45, 7) is 7.36. The number of rotatable bonds is 3. The number of nitrogens with zero attached hydrogens (tertiary/aromatic N) is 2. The number of piperidine rings is 1. The van der Waals surface area contributed by atoms with E-state index >= 15 is 0 Å². The number of amides is 1. The first kappa shape index (κ1) is 14.8. The Bertz CT molecular complexity index is 497. The van der Waals surface area contributed by atoms with Crippen LogP contribution in [0.2, 0.25) is 0 Å². The maximum atomic E-state index is 12.6. The van der Waals surface area contributed by atoms with E-state index in [2.05, 4.69) is 10.2 Å². The zero-order valence-electron chi connectivity index (χ0n) is 12.7. The molecule has 1 aliphatic rings. The van der Waals surface area contributed by atoms with Gasteiger partial charge in [-0.3, -0.25) is 9.89 Å². The van der Waals surface area contributed by atoms with Gasteiger partial charge in [0.1, 0.15) is 0 Å². The van der Waals surface area contributed by atoms with Gasteiger partial charge in [-0.05, 0) is 25.7 Å². The summed E-state index contributed by atoms with van der Waals surface area (Å²) >= 11 is 0. The largest absolute Gasteiger partial charge is 0.395 e. The molecule has 1 aromatic heterocycles. The van der Waals surface area contributed by atoms with E-state index in [0.717, 1.165) is 25.1 Å². The fourth-order valence-corrected chi connectivity index (χ4v) is 2.66. The lowest BCUT2D eigenvalue weighted by molar-refractivity contribution is -0.0441. The summed E-state index contributed by atoms with van der Waals surface area (Å²) in [5.74, 6) is 0.100. The summed E-state index contributed by atoms with van der Waals surface area (Å²) < 4.78 is 5.52. The van der Waals surface area contributed by atoms with Crippen molar-refractivity contribution in [1.29, 1.82) is 0 Å². The summed E-state index contributed by atoms with van der Waals surface area (Å²) in [6.07, 6.45) is 1.89. The van der Waals surface area contributed by atoms with Crippen molar-refractivity contribution in [1.82, 2.24) is 15.1 Å². The summed E-state index contributed by atoms with van der Waals surface area (Å²) in [7, 11) is 1.69. The molecule has 0 saturated carbocycles. The molecule has 1 atom stereocenters. The van der Waals surface area contributed by atoms with Gasteiger partial charge in [0.2, 0.25) is 0 Å². The van der Waals surface area contributed by atoms with E-state index < -0.39 is 0 Å². The molecule has 20 heavy (non-hydrogen) atoms. The van der Waals surface area contributed by atoms with Gasteiger partial charge in [-0.2, -0.15) is 5.10 Å². The van der Waals surface area contributed by atoms with Crippen molar-refractivity contribution in [3.05, 3.63) is 11.4 Å². The number of H-pyrrole nitrogens is 1. The summed E-state index contributed by atoms with van der Waals surface area (Å²) in [4.78, 5) is 14.3. The molecule has 2 heterocycles. The molecule has 1 saturated heterocycles. The number of nitrogens with two attached hydrogens (primary N) is 1. The number of anilines is 1. The zero-order valence-corrected chi connectivity index (χ0v) is 12.7. The monoisotopic (exact) mass is 280 g/mol. The Hall–Kier alpha value is -1.56. The molecule has 0 spiro atoms. The third-order valence-corrected chi connectivity index (χ3v) is 4.05. The lowest BCUT2D eigenvalue weighted by Crippen LogP contribution is -2.49. The number of carbonyl (C=O) groups excluding carboxylic acids is 1. The van der Waals surface area contributed by atoms with Crippen LogP contribution in [0.3, 0.4) is 0 Å². The molecule has 112 valence electrons. The molecule has 3 N–H and O–H groups in total. The van der Waals surface area contributed by atoms with Crippen molar-refractivity contribution in [2.24, 2.45) is 0 Å². The Morgan fingerprint density at radius 2 is 2.25 bits per heavy atom. The second-order valence-electron chi connectivity index (χ2n) is 6.04. The number of methoxy groups -OCH3 is 1. The molecule has 1 fully saturated rings. The van der Waals surface area contributed by atoms with Crippen molar-refractivity contribution in [3.8, 4) is 0 Å². The van der Waals surface area contributed by atoms with Crippen LogP contribution in [0.25, 0.3) is 0 Å². The first-order valence-corrected chi connectivity index (χ1v) is 7.06. The maximum Gasteiger partial charge on any atom is 0.276 e. The van der Waals surface area contributed by atoms with Gasteiger partial charge in [0.15, 0.2) is 5.69 Å². The van der Waals surface area contributed by atoms with Crippen molar-refractivity contribution in [2.45, 2.75) is 45.1 Å². The number of hydrogen-bond acceptors (Lipinski definition) is 4. The SMILES string of the molecule is COC1(C)CCCN(C(=O)c2n[nH]c(C(C)C)c2N)C1. The highest BCUT2D eigenvalue weighted by Crippen LogP contribution is 2.27. The molecule has 1 aliphatic heterocycles. The smallest absolute Gasteiger partial charge is 0.276 e. The topological polar surface area (TPSA) is 84.2 Å². The average molecular weight is 280 g/mol. The molecular weight excluding hydrogens is 256 g/mol. The molecule has 0 aromatic carbocycles. The minimum atomic E-state index is -0.278. The van der Waals surface area contributed by atoms with Crippen LogP contribution in [-0.4, -0.2) is 46.8 Å². The molecule has 1 amide bonds. The fraction of sp³-hybridized carbons (Fsp3) is 0.714. The van der Waals surface area contributed by atoms with Crippen LogP contribution in [0.4, 0.5) is 5.69 Å². The summed E-state index contributed by atoms with van der Waals surface area (Å²) in [6, 6.07) is 0. The Labute approximate surface area is 119 Å². The maximum absolute atomic E-state index is 12.6. The number of hydrogen-bond donors (Lipinski definition) is 2. The van der Waals surface area contributed by atoms with E-state index in [1.54, 1.807) is 12.0 Å². The molecule has 1 aromatic rings. The third-order valence-electron chi connectivity index (χ3n) is 4.05. The highest BCUT2D eigenvalue weighted by molar-refractivity contribution is 5.97. The van der Waals surface area contributed by atoms with Gasteiger partial charge < -0.3 is 15.4 Å². The Balaban J connectivity index is 2.19. The number of aromatic amines is 1. The van der Waals surface area contributed by atoms with E-state index in [0.29, 0.717) is 17.9 Å². The van der Waals surface area contributed by atoms with E-state index in [9.17, 15) is 4.79 Å². The molecule has 0 bridgehead atoms. The minimum absolute atomic E-state index is 0.117. The minimum Gasteiger partial charge on any atom is -0.395 e. The van der Waals surface area contributed by atoms with Gasteiger partial charge in [-0.1, -0.05) is 13.8 Å². The van der Waals surface area contributed by atoms with Gasteiger partial charge in [-0.25, -0.2) is 0 Å². The Morgan fingerprint density at radius 1 is 1.55 bits per heavy atom. The van der Waals surface area contributed by atoms with Crippen LogP contribution in [0.1, 0.15) is 55.7 Å². The molecular formula is C14H24N4O2. The Morgan fingerprint density at radius 3 is 2.80 bits per heavy atom. The number of likely N-dealkylation sites (tertiary alicyclic amines) is 1. The van der Waals surface area contributed by atoms with Crippen molar-refractivity contribution >= 4 is 11.6 Å². The quantitative estimate of drug-likeness (QED) is 0.883. The molecule has 1 unspecified atom stereocenters. The standard InChI is InChI=1S/C14H24N4O2/c1-9(2)11-10(15)12(17-16-11)13(19)18-7-5-6-14(3,8-18)20-4/h9H,5-8,15H2,1-4H3,(H,16,17). The molecule has 2 rings (SSSR count). The van der Waals surface area contributed by atoms with Crippen molar-refractivity contribution < 1.29 is 9.53 Å². The van der Waals surface area contributed by atoms with Crippen LogP contribution < -0.4 is 5.73 Å². The van der Waals surface area contributed by atoms with Crippen molar-refractivity contribution in [2.75, 3.05) is 25.9 Å². The normalized spacial score (nSPS) is 23.4. The number of aromatic nitrogens is 2. The predicted molar refractivity (Wildman–Crippen MR) is 77.6 cm³/mol. The van der Waals surface area contributed by atoms with E-state index in [1.807, 2.05) is 20.8 Å². The predicted octanol–water partition coefficient (Wildman–Crippen LogP) is 1.76. The highest BCUT2D eigenvalue weighted by Gasteiger charge is 2.35. The third kappa shape index (κ3) is 2.65. The molecule has 6 nitrogen and oxygen atoms in total. The van der Waals surface area contributed by atoms with Gasteiger partial charge in [-0.15, -0.1) is 0 Å². The second kappa shape index (κ2) is 5.44. The van der Waals surface area contributed by atoms with Crippen LogP contribution in [-0.2, 0) is 4.74 Å². The number of nitrogen functional groups attached to an aromatic ring is 1. The number of carbonyl (C=O) groups is 1. The van der Waals surface area contributed by atoms with Gasteiger partial charge in [0, 0.05) is 20.2 Å². The number of ether oxygens (including phenoxy) is 1. The van der Waals surface area contributed by atoms with Crippen LogP contribution in [0.5, 0.6) is 0 Å². The average Bonchev–Trinajstić information content (AvgIpc) is 2.80. The molecule has 0 aliphatic carbocycles. The highest BCUT2D eigenvalue weighted by atomic mass is 16.5. The fourth-order valence-electron chi connectivity index (χ4n) is 2.66. The van der Waals surface area contributed by atoms with Gasteiger partial charge in [0.05, 0.1) is 17.0 Å². The van der Waals surface area contributed by atoms with Crippen LogP contribution >= 0.6 is 0 Å². The first-order valence-electron chi connectivity index (χ1n) is 7.06. The lowest BCUT2D eigenvalue weighted by Gasteiger charge is -2.39. The second-order valence-corrected chi connectivity index (χ2v) is 6.04. The van der Waals surface area contributed by atoms with E-state index in [4.69, 9.17) is 10.5 Å². The van der Waals surface area contributed by atoms with Crippen LogP contribution in [0, 0.1) is 0 Å².